The molecule has 7 aliphatic rings. The lowest BCUT2D eigenvalue weighted by Gasteiger charge is -2.57. The normalized spacial score (nSPS) is 25.0. The molecule has 0 radical (unpaired) electrons. The number of nitrogens with zero attached hydrogens (tertiary/aromatic N) is 9. The number of piperidine rings is 5. The highest BCUT2D eigenvalue weighted by molar-refractivity contribution is 5.47. The Balaban J connectivity index is 0.000000358. The van der Waals surface area contributed by atoms with Gasteiger partial charge in [-0.15, -0.1) is 13.2 Å². The lowest BCUT2D eigenvalue weighted by molar-refractivity contribution is -0.310. The molecule has 8 rings (SSSR count). The summed E-state index contributed by atoms with van der Waals surface area (Å²) in [5, 5.41) is 52.5. The van der Waals surface area contributed by atoms with E-state index in [1.165, 1.54) is 70.6 Å². The fourth-order valence-electron chi connectivity index (χ4n) is 18.9. The maximum absolute atomic E-state index is 10.3. The van der Waals surface area contributed by atoms with Crippen LogP contribution in [0.5, 0.6) is 0 Å². The van der Waals surface area contributed by atoms with E-state index in [-0.39, 0.29) is 92.2 Å². The van der Waals surface area contributed by atoms with E-state index in [2.05, 4.69) is 225 Å². The SMILES string of the molecule is C=C.CC1(C)CC(O)CC(C)(C)N1.CCCCCCCCON1C(C)(C)CC(NCCO)CC1(C)C.CCCCN(c1nc(NO)nc(N(CCCC)C2CC(C)(C)N(OC3CCCCC3)C(C)(C)C2)n1)C1CC(C)(C)N(OC2CCCCC2)C(C)(C)C1.CN1C(C)(C)CC(O)CC1(C)C. The molecule has 2 saturated carbocycles. The minimum absolute atomic E-state index is 0.0110. The number of unbranched alkanes of at least 4 members (excludes halogenated alkanes) is 7. The van der Waals surface area contributed by atoms with Crippen LogP contribution in [0.3, 0.4) is 0 Å². The third kappa shape index (κ3) is 27.4. The van der Waals surface area contributed by atoms with Crippen molar-refractivity contribution >= 4 is 17.8 Å². The summed E-state index contributed by atoms with van der Waals surface area (Å²) in [6.07, 6.45) is 33.9. The van der Waals surface area contributed by atoms with Crippen LogP contribution in [-0.2, 0) is 14.5 Å². The fourth-order valence-corrected chi connectivity index (χ4v) is 18.9. The molecule has 19 nitrogen and oxygen atoms in total. The van der Waals surface area contributed by atoms with Crippen molar-refractivity contribution in [3.63, 3.8) is 0 Å². The standard InChI is InChI=1S/C41H76N8O3.C19H40N2O2.C10H21NO.C9H19NO.C2H4/c1-11-13-25-46(31-27-38(3,4)48(39(5,6)28-31)51-33-21-17-15-18-22-33)36-42-35(45-50)43-37(44-36)47(26-14-12-2)32-29-40(7,8)49(41(9,10)30-32)52-34-23-19-16-20-24-34;1-6-7-8-9-10-11-14-23-21-18(2,3)15-17(20-12-13-22)16-19(21,4)5;1-9(2)6-8(12)7-10(3,4)11(9)5;1-8(2)5-7(11)6-9(3,4)10-8;1-2/h31-34,50H,11-30H2,1-10H3,(H,42,43,44,45);17,20,22H,6-16H2,1-5H3;8,12H,6-7H2,1-5H3;7,10-11H,5-6H2,1-4H3;1-2H2. The van der Waals surface area contributed by atoms with E-state index in [1.54, 1.807) is 0 Å². The molecule has 0 bridgehead atoms. The van der Waals surface area contributed by atoms with Gasteiger partial charge in [-0.3, -0.25) is 24.6 Å². The van der Waals surface area contributed by atoms with Crippen molar-refractivity contribution in [2.45, 2.75) is 450 Å². The molecule has 586 valence electrons. The molecule has 0 atom stereocenters. The molecule has 5 saturated heterocycles. The molecule has 0 spiro atoms. The summed E-state index contributed by atoms with van der Waals surface area (Å²) in [6.45, 7) is 61.2. The number of hydrogen-bond acceptors (Lipinski definition) is 19. The van der Waals surface area contributed by atoms with Crippen LogP contribution in [0.2, 0.25) is 0 Å². The number of aliphatic hydroxyl groups is 3. The number of nitrogens with one attached hydrogen (secondary N) is 3. The number of hydroxylamine groups is 6. The van der Waals surface area contributed by atoms with Crippen molar-refractivity contribution < 1.29 is 35.0 Å². The topological polar surface area (TPSA) is 203 Å². The Hall–Kier alpha value is -2.37. The number of aliphatic hydroxyl groups excluding tert-OH is 3. The van der Waals surface area contributed by atoms with Crippen molar-refractivity contribution in [3.8, 4) is 0 Å². The quantitative estimate of drug-likeness (QED) is 0.0262. The summed E-state index contributed by atoms with van der Waals surface area (Å²) in [7, 11) is 2.14. The summed E-state index contributed by atoms with van der Waals surface area (Å²) in [6, 6.07) is 0.847. The molecular weight excluding hydrogens is 1250 g/mol. The third-order valence-corrected chi connectivity index (χ3v) is 22.7. The van der Waals surface area contributed by atoms with E-state index < -0.39 is 0 Å². The number of hydrogen-bond donors (Lipinski definition) is 7. The largest absolute Gasteiger partial charge is 0.395 e. The van der Waals surface area contributed by atoms with Crippen LogP contribution in [0.4, 0.5) is 17.8 Å². The first-order valence-electron chi connectivity index (χ1n) is 40.3. The lowest BCUT2D eigenvalue weighted by Crippen LogP contribution is -2.65. The Morgan fingerprint density at radius 2 is 0.830 bits per heavy atom. The van der Waals surface area contributed by atoms with Crippen LogP contribution in [0.25, 0.3) is 0 Å². The van der Waals surface area contributed by atoms with Crippen molar-refractivity contribution in [1.82, 2.24) is 45.7 Å². The molecule has 1 aromatic rings. The first kappa shape index (κ1) is 90.0. The predicted octanol–water partition coefficient (Wildman–Crippen LogP) is 17.1. The highest BCUT2D eigenvalue weighted by atomic mass is 16.7. The van der Waals surface area contributed by atoms with Gasteiger partial charge >= 0.3 is 0 Å². The van der Waals surface area contributed by atoms with E-state index in [1.807, 2.05) is 0 Å². The molecule has 6 heterocycles. The van der Waals surface area contributed by atoms with Gasteiger partial charge in [-0.25, -0.2) is 5.48 Å². The smallest absolute Gasteiger partial charge is 0.253 e. The summed E-state index contributed by atoms with van der Waals surface area (Å²) in [5.41, 5.74) is 2.06. The highest BCUT2D eigenvalue weighted by Gasteiger charge is 2.52. The van der Waals surface area contributed by atoms with Gasteiger partial charge in [-0.2, -0.15) is 30.1 Å². The molecule has 0 aromatic carbocycles. The average molecular weight is 1410 g/mol. The van der Waals surface area contributed by atoms with Crippen molar-refractivity contribution in [3.05, 3.63) is 13.2 Å². The molecule has 19 heteroatoms. The Kier molecular flexibility index (Phi) is 35.5. The van der Waals surface area contributed by atoms with Gasteiger partial charge < -0.3 is 35.8 Å². The minimum Gasteiger partial charge on any atom is -0.395 e. The van der Waals surface area contributed by atoms with Crippen LogP contribution in [0.15, 0.2) is 13.2 Å². The predicted molar refractivity (Wildman–Crippen MR) is 418 cm³/mol. The Morgan fingerprint density at radius 3 is 1.19 bits per heavy atom. The first-order chi connectivity index (χ1) is 46.5. The van der Waals surface area contributed by atoms with Gasteiger partial charge in [0.05, 0.1) is 37.6 Å². The second-order valence-electron chi connectivity index (χ2n) is 37.7. The van der Waals surface area contributed by atoms with Gasteiger partial charge in [0.1, 0.15) is 0 Å². The Labute approximate surface area is 613 Å². The minimum atomic E-state index is -0.180. The van der Waals surface area contributed by atoms with Crippen LogP contribution in [0.1, 0.15) is 352 Å². The zero-order chi connectivity index (χ0) is 75.4. The molecular formula is C81H160N12O7. The lowest BCUT2D eigenvalue weighted by atomic mass is 9.78. The van der Waals surface area contributed by atoms with Crippen molar-refractivity contribution in [2.24, 2.45) is 0 Å². The summed E-state index contributed by atoms with van der Waals surface area (Å²) in [5.74, 6) is 1.49. The molecule has 0 amide bonds. The molecule has 7 fully saturated rings. The van der Waals surface area contributed by atoms with Gasteiger partial charge in [0, 0.05) is 93.1 Å². The summed E-state index contributed by atoms with van der Waals surface area (Å²) >= 11 is 0. The van der Waals surface area contributed by atoms with Gasteiger partial charge in [-0.1, -0.05) is 104 Å². The van der Waals surface area contributed by atoms with Gasteiger partial charge in [-0.05, 0) is 255 Å². The van der Waals surface area contributed by atoms with Crippen molar-refractivity contribution in [2.75, 3.05) is 55.2 Å². The molecule has 5 aliphatic heterocycles. The third-order valence-electron chi connectivity index (χ3n) is 22.7. The van der Waals surface area contributed by atoms with Gasteiger partial charge in [0.2, 0.25) is 11.9 Å². The monoisotopic (exact) mass is 1410 g/mol. The van der Waals surface area contributed by atoms with Gasteiger partial charge in [0.15, 0.2) is 0 Å². The van der Waals surface area contributed by atoms with E-state index >= 15 is 0 Å². The maximum atomic E-state index is 10.3. The fraction of sp³-hybridized carbons (Fsp3) is 0.938. The van der Waals surface area contributed by atoms with Gasteiger partial charge in [0.25, 0.3) is 5.95 Å². The Morgan fingerprint density at radius 1 is 0.470 bits per heavy atom. The van der Waals surface area contributed by atoms with Crippen molar-refractivity contribution in [1.29, 1.82) is 0 Å². The number of aromatic nitrogens is 3. The highest BCUT2D eigenvalue weighted by Crippen LogP contribution is 2.46. The average Bonchev–Trinajstić information content (AvgIpc) is 0.762. The number of rotatable bonds is 26. The van der Waals surface area contributed by atoms with E-state index in [4.69, 9.17) is 34.6 Å². The number of likely N-dealkylation sites (tertiary alicyclic amines) is 1. The molecule has 100 heavy (non-hydrogen) atoms. The van der Waals surface area contributed by atoms with Crippen LogP contribution < -0.4 is 25.9 Å². The van der Waals surface area contributed by atoms with E-state index in [0.29, 0.717) is 36.7 Å². The van der Waals surface area contributed by atoms with E-state index in [9.17, 15) is 15.4 Å². The van der Waals surface area contributed by atoms with Crippen LogP contribution in [0, 0.1) is 0 Å². The molecule has 7 N–H and O–H groups in total. The van der Waals surface area contributed by atoms with E-state index in [0.717, 1.165) is 142 Å². The second kappa shape index (κ2) is 39.5. The maximum Gasteiger partial charge on any atom is 0.253 e. The van der Waals surface area contributed by atoms with Crippen LogP contribution in [-0.4, -0.2) is 193 Å². The zero-order valence-electron chi connectivity index (χ0n) is 69.2. The zero-order valence-corrected chi connectivity index (χ0v) is 69.2. The molecule has 0 unspecified atom stereocenters. The summed E-state index contributed by atoms with van der Waals surface area (Å²) in [4.78, 5) is 42.3. The first-order valence-corrected chi connectivity index (χ1v) is 40.3. The molecule has 2 aliphatic carbocycles. The molecule has 1 aromatic heterocycles. The number of anilines is 3. The second-order valence-corrected chi connectivity index (χ2v) is 37.7. The summed E-state index contributed by atoms with van der Waals surface area (Å²) < 4.78 is 0. The van der Waals surface area contributed by atoms with Crippen LogP contribution >= 0.6 is 0 Å². The Bertz CT molecular complexity index is 2280.